The maximum absolute atomic E-state index is 14.2. The highest BCUT2D eigenvalue weighted by molar-refractivity contribution is 5.98. The molecule has 0 aliphatic carbocycles. The average Bonchev–Trinajstić information content (AvgIpc) is 3.29. The minimum atomic E-state index is -1.21. The van der Waals surface area contributed by atoms with Crippen LogP contribution in [0, 0.1) is 35.5 Å². The number of carbonyl (C=O) groups excluding carboxylic acids is 8. The lowest BCUT2D eigenvalue weighted by molar-refractivity contribution is -0.143. The van der Waals surface area contributed by atoms with Crippen molar-refractivity contribution in [3.8, 4) is 0 Å². The first kappa shape index (κ1) is 68.1. The number of hydrogen-bond donors (Lipinski definition) is 13. The van der Waals surface area contributed by atoms with E-state index in [1.54, 1.807) is 41.5 Å². The number of carbonyl (C=O) groups is 9. The second-order valence-corrected chi connectivity index (χ2v) is 21.7. The van der Waals surface area contributed by atoms with E-state index in [4.69, 9.17) is 22.9 Å². The van der Waals surface area contributed by atoms with Crippen LogP contribution >= 0.6 is 0 Å². The molecule has 9 atom stereocenters. The van der Waals surface area contributed by atoms with Crippen molar-refractivity contribution in [2.45, 2.75) is 215 Å². The fourth-order valence-electron chi connectivity index (χ4n) is 7.96. The van der Waals surface area contributed by atoms with Gasteiger partial charge in [-0.15, -0.1) is 0 Å². The first-order chi connectivity index (χ1) is 34.1. The van der Waals surface area contributed by atoms with Crippen molar-refractivity contribution >= 4 is 53.2 Å². The number of rotatable bonds is 38. The Kier molecular flexibility index (Phi) is 33.7. The molecular weight excluding hydrogens is 941 g/mol. The van der Waals surface area contributed by atoms with Gasteiger partial charge < -0.3 is 70.6 Å². The van der Waals surface area contributed by atoms with Crippen molar-refractivity contribution in [3.63, 3.8) is 0 Å². The first-order valence-electron chi connectivity index (χ1n) is 26.6. The summed E-state index contributed by atoms with van der Waals surface area (Å²) in [6, 6.07) is -10.0. The fraction of sp³-hybridized carbons (Fsp3) is 0.824. The topological polar surface area (TPSA) is 374 Å². The molecule has 17 N–H and O–H groups in total. The van der Waals surface area contributed by atoms with Crippen molar-refractivity contribution in [2.75, 3.05) is 19.6 Å². The summed E-state index contributed by atoms with van der Waals surface area (Å²) in [5.74, 6) is -8.02. The molecule has 0 aliphatic heterocycles. The Balaban J connectivity index is 6.60. The molecule has 73 heavy (non-hydrogen) atoms. The number of carboxylic acid groups (broad SMARTS) is 1. The quantitative estimate of drug-likeness (QED) is 0.0380. The zero-order valence-electron chi connectivity index (χ0n) is 46.2. The Morgan fingerprint density at radius 2 is 0.603 bits per heavy atom. The van der Waals surface area contributed by atoms with Crippen molar-refractivity contribution in [1.82, 2.24) is 42.5 Å². The highest BCUT2D eigenvalue weighted by Crippen LogP contribution is 2.15. The molecule has 0 radical (unpaired) electrons. The lowest BCUT2D eigenvalue weighted by Crippen LogP contribution is -2.61. The van der Waals surface area contributed by atoms with E-state index in [2.05, 4.69) is 42.5 Å². The van der Waals surface area contributed by atoms with Gasteiger partial charge in [0.05, 0.1) is 6.04 Å². The Morgan fingerprint density at radius 3 is 0.890 bits per heavy atom. The number of carboxylic acids is 1. The van der Waals surface area contributed by atoms with Crippen LogP contribution in [0.3, 0.4) is 0 Å². The summed E-state index contributed by atoms with van der Waals surface area (Å²) in [6.07, 6.45) is 4.41. The summed E-state index contributed by atoms with van der Waals surface area (Å²) < 4.78 is 0. The molecule has 22 nitrogen and oxygen atoms in total. The molecule has 0 aromatic carbocycles. The molecular formula is C51H98N12O10. The van der Waals surface area contributed by atoms with Crippen molar-refractivity contribution in [3.05, 3.63) is 0 Å². The molecule has 0 bridgehead atoms. The zero-order chi connectivity index (χ0) is 56.1. The van der Waals surface area contributed by atoms with E-state index in [0.717, 1.165) is 0 Å². The van der Waals surface area contributed by atoms with E-state index in [1.165, 1.54) is 0 Å². The Hall–Kier alpha value is -4.93. The van der Waals surface area contributed by atoms with Gasteiger partial charge >= 0.3 is 5.97 Å². The summed E-state index contributed by atoms with van der Waals surface area (Å²) in [4.78, 5) is 123. The van der Waals surface area contributed by atoms with Gasteiger partial charge in [0.2, 0.25) is 47.3 Å². The van der Waals surface area contributed by atoms with Gasteiger partial charge in [0.1, 0.15) is 48.3 Å². The van der Waals surface area contributed by atoms with Crippen LogP contribution in [-0.4, -0.2) is 132 Å². The highest BCUT2D eigenvalue weighted by atomic mass is 16.4. The molecule has 0 spiro atoms. The summed E-state index contributed by atoms with van der Waals surface area (Å²) in [5.41, 5.74) is 23.2. The van der Waals surface area contributed by atoms with Gasteiger partial charge in [-0.25, -0.2) is 4.79 Å². The van der Waals surface area contributed by atoms with E-state index in [0.29, 0.717) is 64.6 Å². The Morgan fingerprint density at radius 1 is 0.342 bits per heavy atom. The predicted molar refractivity (Wildman–Crippen MR) is 283 cm³/mol. The molecule has 0 saturated heterocycles. The van der Waals surface area contributed by atoms with Crippen LogP contribution in [0.15, 0.2) is 0 Å². The second-order valence-electron chi connectivity index (χ2n) is 21.7. The lowest BCUT2D eigenvalue weighted by atomic mass is 9.98. The molecule has 8 amide bonds. The molecule has 0 aliphatic rings. The summed E-state index contributed by atoms with van der Waals surface area (Å²) in [5, 5.41) is 31.6. The standard InChI is InChI=1S/C51H98N12O10/c1-28(2)25-37(58-48(69)40(31(7)8)61-43(64)34(55)19-13-16-22-52)46(67)56-35(20-14-17-23-53)44(65)62-41(32(9)10)49(70)59-38(26-29(3)4)47(68)57-36(21-15-18-24-54)45(66)63-42(33(11)12)50(71)60-39(51(72)73)27-30(5)6/h28-42H,13-27,52-55H2,1-12H3,(H,56,67)(H,57,68)(H,58,69)(H,59,70)(H,60,71)(H,61,64)(H,62,65)(H,63,66)(H,72,73)/t34-,35-,36-,37-,38-,39-,40-,41-,42-/m0/s1. The van der Waals surface area contributed by atoms with E-state index in [1.807, 2.05) is 41.5 Å². The average molecular weight is 1040 g/mol. The SMILES string of the molecule is CC(C)C[C@H](NC(=O)[C@@H](NC(=O)[C@H](CCCCN)NC(=O)[C@H](CC(C)C)NC(=O)[C@@H](NC(=O)[C@H](CCCCN)NC(=O)[C@H](CC(C)C)NC(=O)[C@@H](NC(=O)[C@@H](N)CCCCN)C(C)C)C(C)C)C(C)C)C(=O)O. The van der Waals surface area contributed by atoms with Gasteiger partial charge in [0.15, 0.2) is 0 Å². The van der Waals surface area contributed by atoms with Crippen LogP contribution in [0.5, 0.6) is 0 Å². The molecule has 0 saturated carbocycles. The highest BCUT2D eigenvalue weighted by Gasteiger charge is 2.37. The van der Waals surface area contributed by atoms with Crippen LogP contribution in [-0.2, 0) is 43.2 Å². The zero-order valence-corrected chi connectivity index (χ0v) is 46.2. The summed E-state index contributed by atoms with van der Waals surface area (Å²) >= 11 is 0. The Bertz CT molecular complexity index is 1730. The number of amides is 8. The Labute approximate surface area is 435 Å². The van der Waals surface area contributed by atoms with Crippen LogP contribution in [0.2, 0.25) is 0 Å². The fourth-order valence-corrected chi connectivity index (χ4v) is 7.96. The minimum absolute atomic E-state index is 0.0384. The molecule has 0 heterocycles. The molecule has 22 heteroatoms. The number of unbranched alkanes of at least 4 members (excludes halogenated alkanes) is 3. The van der Waals surface area contributed by atoms with Crippen molar-refractivity contribution in [1.29, 1.82) is 0 Å². The van der Waals surface area contributed by atoms with Crippen LogP contribution < -0.4 is 65.5 Å². The number of nitrogens with two attached hydrogens (primary N) is 4. The molecule has 0 fully saturated rings. The second kappa shape index (κ2) is 36.1. The van der Waals surface area contributed by atoms with Gasteiger partial charge in [0.25, 0.3) is 0 Å². The number of aliphatic carboxylic acids is 1. The molecule has 0 aromatic heterocycles. The maximum Gasteiger partial charge on any atom is 0.326 e. The monoisotopic (exact) mass is 1040 g/mol. The third kappa shape index (κ3) is 27.3. The summed E-state index contributed by atoms with van der Waals surface area (Å²) in [6.45, 7) is 22.5. The maximum atomic E-state index is 14.2. The molecule has 0 rings (SSSR count). The van der Waals surface area contributed by atoms with Crippen LogP contribution in [0.25, 0.3) is 0 Å². The smallest absolute Gasteiger partial charge is 0.326 e. The largest absolute Gasteiger partial charge is 0.480 e. The molecule has 0 unspecified atom stereocenters. The molecule has 0 aromatic rings. The number of hydrogen-bond acceptors (Lipinski definition) is 13. The third-order valence-electron chi connectivity index (χ3n) is 12.2. The minimum Gasteiger partial charge on any atom is -0.480 e. The van der Waals surface area contributed by atoms with Gasteiger partial charge in [-0.3, -0.25) is 38.4 Å². The van der Waals surface area contributed by atoms with Crippen molar-refractivity contribution < 1.29 is 48.3 Å². The summed E-state index contributed by atoms with van der Waals surface area (Å²) in [7, 11) is 0. The van der Waals surface area contributed by atoms with Gasteiger partial charge in [-0.2, -0.15) is 0 Å². The van der Waals surface area contributed by atoms with E-state index >= 15 is 0 Å². The van der Waals surface area contributed by atoms with E-state index in [-0.39, 0.29) is 55.8 Å². The number of nitrogens with one attached hydrogen (secondary N) is 8. The normalized spacial score (nSPS) is 15.4. The van der Waals surface area contributed by atoms with E-state index < -0.39 is 119 Å². The third-order valence-corrected chi connectivity index (χ3v) is 12.2. The molecule has 422 valence electrons. The van der Waals surface area contributed by atoms with Crippen LogP contribution in [0.1, 0.15) is 160 Å². The van der Waals surface area contributed by atoms with Gasteiger partial charge in [0, 0.05) is 0 Å². The lowest BCUT2D eigenvalue weighted by Gasteiger charge is -2.30. The van der Waals surface area contributed by atoms with Crippen LogP contribution in [0.4, 0.5) is 0 Å². The predicted octanol–water partition coefficient (Wildman–Crippen LogP) is 0.770. The van der Waals surface area contributed by atoms with Gasteiger partial charge in [-0.05, 0) is 126 Å². The van der Waals surface area contributed by atoms with E-state index in [9.17, 15) is 48.3 Å². The van der Waals surface area contributed by atoms with Crippen molar-refractivity contribution in [2.24, 2.45) is 58.4 Å². The first-order valence-corrected chi connectivity index (χ1v) is 26.6. The van der Waals surface area contributed by atoms with Gasteiger partial charge in [-0.1, -0.05) is 89.5 Å².